The molecule has 1 aliphatic rings. The van der Waals surface area contributed by atoms with Gasteiger partial charge in [0.1, 0.15) is 17.2 Å². The highest BCUT2D eigenvalue weighted by molar-refractivity contribution is 5.40. The van der Waals surface area contributed by atoms with Crippen LogP contribution in [0.2, 0.25) is 0 Å². The van der Waals surface area contributed by atoms with Crippen molar-refractivity contribution in [1.82, 2.24) is 0 Å². The van der Waals surface area contributed by atoms with Gasteiger partial charge in [0.05, 0.1) is 6.61 Å². The lowest BCUT2D eigenvalue weighted by atomic mass is 10.0. The molecular formula is C10H9F3O2. The summed E-state index contributed by atoms with van der Waals surface area (Å²) in [6, 6.07) is 3.54. The number of benzene rings is 1. The zero-order valence-corrected chi connectivity index (χ0v) is 7.97. The van der Waals surface area contributed by atoms with E-state index in [0.717, 1.165) is 6.07 Å². The Kier molecular flexibility index (Phi) is 2.34. The largest absolute Gasteiger partial charge is 0.434 e. The molecule has 1 unspecified atom stereocenters. The van der Waals surface area contributed by atoms with Crippen LogP contribution in [0.15, 0.2) is 18.2 Å². The third-order valence-corrected chi connectivity index (χ3v) is 2.31. The summed E-state index contributed by atoms with van der Waals surface area (Å²) in [5.41, 5.74) is -0.165. The lowest BCUT2D eigenvalue weighted by molar-refractivity contribution is -0.0511. The summed E-state index contributed by atoms with van der Waals surface area (Å²) in [6.45, 7) is -0.801. The standard InChI is InChI=1S/C10H9F3O2/c1-10(5-14-10)7-3-2-6(11)4-8(7)15-9(12)13/h2-4,9H,5H2,1H3. The number of alkyl halides is 2. The number of ether oxygens (including phenoxy) is 2. The Bertz CT molecular complexity index is 375. The van der Waals surface area contributed by atoms with E-state index in [9.17, 15) is 13.2 Å². The molecule has 0 saturated carbocycles. The maximum Gasteiger partial charge on any atom is 0.387 e. The molecule has 0 amide bonds. The van der Waals surface area contributed by atoms with Crippen molar-refractivity contribution in [3.8, 4) is 5.75 Å². The summed E-state index contributed by atoms with van der Waals surface area (Å²) in [5, 5.41) is 0. The SMILES string of the molecule is CC1(c2ccc(F)cc2OC(F)F)CO1. The number of epoxide rings is 1. The van der Waals surface area contributed by atoms with Gasteiger partial charge in [-0.3, -0.25) is 0 Å². The van der Waals surface area contributed by atoms with Crippen LogP contribution < -0.4 is 4.74 Å². The molecule has 2 nitrogen and oxygen atoms in total. The molecule has 0 radical (unpaired) electrons. The molecule has 0 spiro atoms. The number of hydrogen-bond acceptors (Lipinski definition) is 2. The molecule has 1 fully saturated rings. The topological polar surface area (TPSA) is 21.8 Å². The number of halogens is 3. The van der Waals surface area contributed by atoms with E-state index in [1.165, 1.54) is 12.1 Å². The van der Waals surface area contributed by atoms with Crippen LogP contribution in [0.5, 0.6) is 5.75 Å². The molecule has 15 heavy (non-hydrogen) atoms. The quantitative estimate of drug-likeness (QED) is 0.727. The minimum Gasteiger partial charge on any atom is -0.434 e. The van der Waals surface area contributed by atoms with Crippen LogP contribution in [0.4, 0.5) is 13.2 Å². The van der Waals surface area contributed by atoms with Gasteiger partial charge in [-0.25, -0.2) is 4.39 Å². The summed E-state index contributed by atoms with van der Waals surface area (Å²) in [4.78, 5) is 0. The van der Waals surface area contributed by atoms with E-state index >= 15 is 0 Å². The minimum atomic E-state index is -2.96. The molecule has 0 bridgehead atoms. The minimum absolute atomic E-state index is 0.162. The third kappa shape index (κ3) is 2.07. The van der Waals surface area contributed by atoms with Crippen molar-refractivity contribution in [2.75, 3.05) is 6.61 Å². The Labute approximate surface area is 84.6 Å². The zero-order valence-electron chi connectivity index (χ0n) is 7.97. The molecule has 1 aromatic rings. The molecule has 0 N–H and O–H groups in total. The maximum atomic E-state index is 12.8. The molecule has 82 valence electrons. The average Bonchev–Trinajstić information content (AvgIpc) is 2.83. The molecular weight excluding hydrogens is 209 g/mol. The van der Waals surface area contributed by atoms with Gasteiger partial charge in [-0.05, 0) is 19.1 Å². The number of rotatable bonds is 3. The van der Waals surface area contributed by atoms with Gasteiger partial charge >= 0.3 is 6.61 Å². The lowest BCUT2D eigenvalue weighted by Crippen LogP contribution is -2.10. The van der Waals surface area contributed by atoms with Crippen LogP contribution in [0.3, 0.4) is 0 Å². The second-order valence-corrected chi connectivity index (χ2v) is 3.54. The van der Waals surface area contributed by atoms with Gasteiger partial charge in [0.25, 0.3) is 0 Å². The van der Waals surface area contributed by atoms with E-state index in [0.29, 0.717) is 12.2 Å². The highest BCUT2D eigenvalue weighted by Gasteiger charge is 2.43. The van der Waals surface area contributed by atoms with E-state index in [4.69, 9.17) is 4.74 Å². The highest BCUT2D eigenvalue weighted by Crippen LogP contribution is 2.43. The summed E-state index contributed by atoms with van der Waals surface area (Å²) >= 11 is 0. The molecule has 1 saturated heterocycles. The monoisotopic (exact) mass is 218 g/mol. The first-order chi connectivity index (χ1) is 7.01. The Morgan fingerprint density at radius 3 is 2.67 bits per heavy atom. The molecule has 5 heteroatoms. The summed E-state index contributed by atoms with van der Waals surface area (Å²) in [5.74, 6) is -0.774. The fraction of sp³-hybridized carbons (Fsp3) is 0.400. The van der Waals surface area contributed by atoms with E-state index < -0.39 is 18.0 Å². The molecule has 1 aliphatic heterocycles. The Morgan fingerprint density at radius 1 is 1.47 bits per heavy atom. The summed E-state index contributed by atoms with van der Waals surface area (Å²) in [6.07, 6.45) is 0. The Hall–Kier alpha value is -1.23. The van der Waals surface area contributed by atoms with E-state index in [2.05, 4.69) is 4.74 Å². The Balaban J connectivity index is 2.35. The summed E-state index contributed by atoms with van der Waals surface area (Å²) < 4.78 is 46.3. The first-order valence-corrected chi connectivity index (χ1v) is 4.40. The zero-order chi connectivity index (χ0) is 11.1. The lowest BCUT2D eigenvalue weighted by Gasteiger charge is -2.13. The van der Waals surface area contributed by atoms with Crippen molar-refractivity contribution >= 4 is 0 Å². The summed E-state index contributed by atoms with van der Waals surface area (Å²) in [7, 11) is 0. The van der Waals surface area contributed by atoms with Crippen LogP contribution in [-0.2, 0) is 10.3 Å². The van der Waals surface area contributed by atoms with E-state index in [-0.39, 0.29) is 5.75 Å². The van der Waals surface area contributed by atoms with Gasteiger partial charge in [-0.2, -0.15) is 8.78 Å². The molecule has 1 heterocycles. The Morgan fingerprint density at radius 2 is 2.13 bits per heavy atom. The fourth-order valence-corrected chi connectivity index (χ4v) is 1.39. The van der Waals surface area contributed by atoms with Crippen LogP contribution in [0, 0.1) is 5.82 Å². The smallest absolute Gasteiger partial charge is 0.387 e. The number of hydrogen-bond donors (Lipinski definition) is 0. The van der Waals surface area contributed by atoms with Crippen molar-refractivity contribution < 1.29 is 22.6 Å². The van der Waals surface area contributed by atoms with Crippen LogP contribution in [0.1, 0.15) is 12.5 Å². The van der Waals surface area contributed by atoms with Crippen LogP contribution in [-0.4, -0.2) is 13.2 Å². The van der Waals surface area contributed by atoms with Gasteiger partial charge in [0, 0.05) is 11.6 Å². The molecule has 0 aromatic heterocycles. The molecule has 1 aromatic carbocycles. The van der Waals surface area contributed by atoms with Gasteiger partial charge < -0.3 is 9.47 Å². The second-order valence-electron chi connectivity index (χ2n) is 3.54. The van der Waals surface area contributed by atoms with Crippen molar-refractivity contribution in [2.45, 2.75) is 19.1 Å². The first kappa shape index (κ1) is 10.3. The second kappa shape index (κ2) is 3.41. The van der Waals surface area contributed by atoms with Gasteiger partial charge in [-0.15, -0.1) is 0 Å². The van der Waals surface area contributed by atoms with Crippen molar-refractivity contribution in [1.29, 1.82) is 0 Å². The average molecular weight is 218 g/mol. The first-order valence-electron chi connectivity index (χ1n) is 4.40. The van der Waals surface area contributed by atoms with Gasteiger partial charge in [-0.1, -0.05) is 0 Å². The predicted octanol–water partition coefficient (Wildman–Crippen LogP) is 2.67. The third-order valence-electron chi connectivity index (χ3n) is 2.31. The molecule has 2 rings (SSSR count). The molecule has 0 aliphatic carbocycles. The van der Waals surface area contributed by atoms with Gasteiger partial charge in [0.2, 0.25) is 0 Å². The van der Waals surface area contributed by atoms with E-state index in [1.54, 1.807) is 6.92 Å². The van der Waals surface area contributed by atoms with Crippen LogP contribution >= 0.6 is 0 Å². The van der Waals surface area contributed by atoms with Crippen LogP contribution in [0.25, 0.3) is 0 Å². The van der Waals surface area contributed by atoms with Crippen molar-refractivity contribution in [3.63, 3.8) is 0 Å². The van der Waals surface area contributed by atoms with E-state index in [1.807, 2.05) is 0 Å². The molecule has 1 atom stereocenters. The normalized spacial score (nSPS) is 24.3. The van der Waals surface area contributed by atoms with Crippen molar-refractivity contribution in [2.24, 2.45) is 0 Å². The van der Waals surface area contributed by atoms with Crippen molar-refractivity contribution in [3.05, 3.63) is 29.6 Å². The maximum absolute atomic E-state index is 12.8. The van der Waals surface area contributed by atoms with Gasteiger partial charge in [0.15, 0.2) is 0 Å². The predicted molar refractivity (Wildman–Crippen MR) is 46.3 cm³/mol. The highest BCUT2D eigenvalue weighted by atomic mass is 19.3. The fourth-order valence-electron chi connectivity index (χ4n) is 1.39.